The second-order valence-corrected chi connectivity index (χ2v) is 9.96. The Morgan fingerprint density at radius 1 is 0.972 bits per heavy atom. The van der Waals surface area contributed by atoms with E-state index in [4.69, 9.17) is 32.7 Å². The maximum absolute atomic E-state index is 13.2. The number of carbonyl (C=O) groups is 1. The lowest BCUT2D eigenvalue weighted by Crippen LogP contribution is -2.39. The number of rotatable bonds is 8. The van der Waals surface area contributed by atoms with Gasteiger partial charge in [0.2, 0.25) is 5.91 Å². The van der Waals surface area contributed by atoms with Crippen LogP contribution in [0.4, 0.5) is 0 Å². The molecular weight excluding hydrogens is 493 g/mol. The van der Waals surface area contributed by atoms with Gasteiger partial charge in [0.05, 0.1) is 14.2 Å². The summed E-state index contributed by atoms with van der Waals surface area (Å²) in [6.45, 7) is 7.10. The van der Waals surface area contributed by atoms with E-state index in [9.17, 15) is 4.79 Å². The molecule has 0 aliphatic carbocycles. The normalized spacial score (nSPS) is 15.6. The molecule has 3 aromatic carbocycles. The van der Waals surface area contributed by atoms with E-state index in [-0.39, 0.29) is 11.8 Å². The molecule has 0 radical (unpaired) electrons. The zero-order valence-electron chi connectivity index (χ0n) is 20.9. The van der Waals surface area contributed by atoms with E-state index >= 15 is 0 Å². The minimum atomic E-state index is 0.00187. The molecule has 1 saturated heterocycles. The zero-order chi connectivity index (χ0) is 25.8. The Labute approximate surface area is 223 Å². The Balaban J connectivity index is 2.10. The lowest BCUT2D eigenvalue weighted by molar-refractivity contribution is -0.138. The van der Waals surface area contributed by atoms with Crippen LogP contribution in [0, 0.1) is 5.92 Å². The van der Waals surface area contributed by atoms with Crippen LogP contribution in [0.5, 0.6) is 11.5 Å². The predicted molar refractivity (Wildman–Crippen MR) is 148 cm³/mol. The summed E-state index contributed by atoms with van der Waals surface area (Å²) in [5, 5.41) is 1.27. The lowest BCUT2D eigenvalue weighted by Gasteiger charge is -2.33. The fraction of sp³-hybridized carbons (Fsp3) is 0.300. The number of ether oxygens (including phenoxy) is 2. The average Bonchev–Trinajstić information content (AvgIpc) is 2.87. The molecule has 0 N–H and O–H groups in total. The van der Waals surface area contributed by atoms with Gasteiger partial charge < -0.3 is 14.4 Å². The van der Waals surface area contributed by atoms with Crippen LogP contribution in [-0.2, 0) is 17.8 Å². The smallest absolute Gasteiger partial charge is 0.225 e. The topological polar surface area (TPSA) is 38.8 Å². The van der Waals surface area contributed by atoms with Gasteiger partial charge in [-0.25, -0.2) is 0 Å². The number of methoxy groups -OCH3 is 2. The highest BCUT2D eigenvalue weighted by Gasteiger charge is 2.31. The first-order valence-electron chi connectivity index (χ1n) is 12.1. The lowest BCUT2D eigenvalue weighted by atomic mass is 9.85. The second-order valence-electron chi connectivity index (χ2n) is 9.09. The molecule has 1 atom stereocenters. The minimum absolute atomic E-state index is 0.00187. The number of allylic oxidation sites excluding steroid dienone is 1. The van der Waals surface area contributed by atoms with Gasteiger partial charge in [-0.1, -0.05) is 60.5 Å². The van der Waals surface area contributed by atoms with Crippen LogP contribution in [0.15, 0.2) is 61.2 Å². The summed E-state index contributed by atoms with van der Waals surface area (Å²) in [4.78, 5) is 15.1. The molecule has 188 valence electrons. The zero-order valence-corrected chi connectivity index (χ0v) is 22.5. The Hall–Kier alpha value is -2.95. The van der Waals surface area contributed by atoms with Crippen LogP contribution in [-0.4, -0.2) is 31.6 Å². The standard InChI is InChI=1S/C30H31Cl2NO3/c1-5-8-24-28(35-3)25(18-33-16-7-9-19(2)30(33)34)26(20-12-14-22(31)15-13-20)27(29(24)36-4)21-10-6-11-23(32)17-21/h5-6,10-15,17,19H,1,7-9,16,18H2,2-4H3. The van der Waals surface area contributed by atoms with Crippen molar-refractivity contribution in [3.05, 3.63) is 82.4 Å². The summed E-state index contributed by atoms with van der Waals surface area (Å²) in [5.74, 6) is 1.56. The molecule has 0 bridgehead atoms. The van der Waals surface area contributed by atoms with Crippen molar-refractivity contribution >= 4 is 29.1 Å². The van der Waals surface area contributed by atoms with Crippen LogP contribution in [0.25, 0.3) is 22.3 Å². The van der Waals surface area contributed by atoms with E-state index in [2.05, 4.69) is 6.58 Å². The number of piperidine rings is 1. The molecule has 1 heterocycles. The molecular formula is C30H31Cl2NO3. The monoisotopic (exact) mass is 523 g/mol. The van der Waals surface area contributed by atoms with Crippen LogP contribution in [0.1, 0.15) is 30.9 Å². The Morgan fingerprint density at radius 2 is 1.69 bits per heavy atom. The quantitative estimate of drug-likeness (QED) is 0.282. The number of amides is 1. The van der Waals surface area contributed by atoms with Crippen molar-refractivity contribution in [2.24, 2.45) is 5.92 Å². The van der Waals surface area contributed by atoms with Crippen molar-refractivity contribution in [1.29, 1.82) is 0 Å². The third-order valence-corrected chi connectivity index (χ3v) is 7.24. The molecule has 3 aromatic rings. The highest BCUT2D eigenvalue weighted by molar-refractivity contribution is 6.31. The van der Waals surface area contributed by atoms with Gasteiger partial charge in [0, 0.05) is 51.3 Å². The van der Waals surface area contributed by atoms with E-state index in [1.165, 1.54) is 0 Å². The fourth-order valence-corrected chi connectivity index (χ4v) is 5.42. The molecule has 0 saturated carbocycles. The van der Waals surface area contributed by atoms with Crippen molar-refractivity contribution < 1.29 is 14.3 Å². The second kappa shape index (κ2) is 11.4. The average molecular weight is 524 g/mol. The molecule has 0 aromatic heterocycles. The van der Waals surface area contributed by atoms with E-state index in [1.807, 2.05) is 66.4 Å². The van der Waals surface area contributed by atoms with Crippen molar-refractivity contribution in [2.45, 2.75) is 32.7 Å². The van der Waals surface area contributed by atoms with Crippen LogP contribution in [0.3, 0.4) is 0 Å². The molecule has 0 spiro atoms. The SMILES string of the molecule is C=CCc1c(OC)c(CN2CCCC(C)C2=O)c(-c2ccc(Cl)cc2)c(-c2cccc(Cl)c2)c1OC. The Kier molecular flexibility index (Phi) is 8.28. The molecule has 1 aliphatic heterocycles. The van der Waals surface area contributed by atoms with Gasteiger partial charge in [0.15, 0.2) is 0 Å². The Morgan fingerprint density at radius 3 is 2.33 bits per heavy atom. The summed E-state index contributed by atoms with van der Waals surface area (Å²) >= 11 is 12.7. The molecule has 4 nitrogen and oxygen atoms in total. The van der Waals surface area contributed by atoms with Crippen molar-refractivity contribution in [2.75, 3.05) is 20.8 Å². The number of likely N-dealkylation sites (tertiary alicyclic amines) is 1. The van der Waals surface area contributed by atoms with Crippen molar-refractivity contribution in [3.63, 3.8) is 0 Å². The summed E-state index contributed by atoms with van der Waals surface area (Å²) < 4.78 is 12.1. The highest BCUT2D eigenvalue weighted by atomic mass is 35.5. The number of nitrogens with zero attached hydrogens (tertiary/aromatic N) is 1. The van der Waals surface area contributed by atoms with Crippen molar-refractivity contribution in [3.8, 4) is 33.8 Å². The molecule has 1 fully saturated rings. The molecule has 1 aliphatic rings. The molecule has 4 rings (SSSR count). The fourth-order valence-electron chi connectivity index (χ4n) is 5.10. The van der Waals surface area contributed by atoms with Gasteiger partial charge in [-0.2, -0.15) is 0 Å². The van der Waals surface area contributed by atoms with Gasteiger partial charge >= 0.3 is 0 Å². The highest BCUT2D eigenvalue weighted by Crippen LogP contribution is 2.50. The van der Waals surface area contributed by atoms with E-state index < -0.39 is 0 Å². The van der Waals surface area contributed by atoms with Crippen molar-refractivity contribution in [1.82, 2.24) is 4.90 Å². The molecule has 1 amide bonds. The van der Waals surface area contributed by atoms with E-state index in [0.717, 1.165) is 46.2 Å². The third-order valence-electron chi connectivity index (χ3n) is 6.75. The number of benzene rings is 3. The maximum Gasteiger partial charge on any atom is 0.225 e. The number of hydrogen-bond acceptors (Lipinski definition) is 3. The largest absolute Gasteiger partial charge is 0.496 e. The number of hydrogen-bond donors (Lipinski definition) is 0. The molecule has 36 heavy (non-hydrogen) atoms. The first kappa shape index (κ1) is 26.1. The molecule has 6 heteroatoms. The summed E-state index contributed by atoms with van der Waals surface area (Å²) in [7, 11) is 3.33. The number of carbonyl (C=O) groups excluding carboxylic acids is 1. The van der Waals surface area contributed by atoms with Gasteiger partial charge in [0.1, 0.15) is 11.5 Å². The summed E-state index contributed by atoms with van der Waals surface area (Å²) in [6, 6.07) is 15.4. The predicted octanol–water partition coefficient (Wildman–Crippen LogP) is 7.83. The first-order valence-corrected chi connectivity index (χ1v) is 12.9. The number of halogens is 2. The van der Waals surface area contributed by atoms with Gasteiger partial charge in [0.25, 0.3) is 0 Å². The minimum Gasteiger partial charge on any atom is -0.496 e. The van der Waals surface area contributed by atoms with Gasteiger partial charge in [-0.3, -0.25) is 4.79 Å². The van der Waals surface area contributed by atoms with E-state index in [1.54, 1.807) is 14.2 Å². The van der Waals surface area contributed by atoms with Gasteiger partial charge in [-0.05, 0) is 54.7 Å². The van der Waals surface area contributed by atoms with E-state index in [0.29, 0.717) is 41.1 Å². The third kappa shape index (κ3) is 5.11. The Bertz CT molecular complexity index is 1270. The summed E-state index contributed by atoms with van der Waals surface area (Å²) in [6.07, 6.45) is 4.26. The van der Waals surface area contributed by atoms with Crippen LogP contribution < -0.4 is 9.47 Å². The van der Waals surface area contributed by atoms with Gasteiger partial charge in [-0.15, -0.1) is 6.58 Å². The molecule has 1 unspecified atom stereocenters. The van der Waals surface area contributed by atoms with Crippen LogP contribution >= 0.6 is 23.2 Å². The maximum atomic E-state index is 13.2. The first-order chi connectivity index (χ1) is 17.4. The van der Waals surface area contributed by atoms with Crippen LogP contribution in [0.2, 0.25) is 10.0 Å². The summed E-state index contributed by atoms with van der Waals surface area (Å²) in [5.41, 5.74) is 5.50.